The number of rotatable bonds is 3. The van der Waals surface area contributed by atoms with Gasteiger partial charge < -0.3 is 24.6 Å². The van der Waals surface area contributed by atoms with Crippen molar-refractivity contribution in [3.05, 3.63) is 35.4 Å². The van der Waals surface area contributed by atoms with E-state index in [0.717, 1.165) is 16.8 Å². The van der Waals surface area contributed by atoms with Crippen molar-refractivity contribution in [1.82, 2.24) is 4.90 Å². The smallest absolute Gasteiger partial charge is 0.317 e. The lowest BCUT2D eigenvalue weighted by Gasteiger charge is -2.64. The number of allylic oxidation sites excluding steroid dienone is 1. The van der Waals surface area contributed by atoms with Gasteiger partial charge in [0.2, 0.25) is 0 Å². The van der Waals surface area contributed by atoms with E-state index in [1.54, 1.807) is 12.1 Å². The number of phenols is 1. The van der Waals surface area contributed by atoms with E-state index < -0.39 is 22.5 Å². The lowest BCUT2D eigenvalue weighted by atomic mass is 9.42. The number of phenolic OH excluding ortho intramolecular Hbond substituents is 1. The number of hydrogen-bond acceptors (Lipinski definition) is 8. The van der Waals surface area contributed by atoms with Crippen molar-refractivity contribution in [3.8, 4) is 5.75 Å². The molecule has 4 fully saturated rings. The Morgan fingerprint density at radius 3 is 2.94 bits per heavy atom. The third-order valence-corrected chi connectivity index (χ3v) is 8.51. The summed E-state index contributed by atoms with van der Waals surface area (Å²) in [7, 11) is 1.39. The fourth-order valence-corrected chi connectivity index (χ4v) is 7.56. The lowest BCUT2D eigenvalue weighted by Crippen LogP contribution is -2.78. The molecule has 3 saturated heterocycles. The molecular formula is C23H26N2O6. The quantitative estimate of drug-likeness (QED) is 0.559. The van der Waals surface area contributed by atoms with Crippen LogP contribution in [0.5, 0.6) is 5.75 Å². The minimum absolute atomic E-state index is 0.0598. The molecule has 4 heterocycles. The van der Waals surface area contributed by atoms with E-state index in [9.17, 15) is 14.7 Å². The number of nitrogens with one attached hydrogen (secondary N) is 1. The summed E-state index contributed by atoms with van der Waals surface area (Å²) in [4.78, 5) is 28.2. The van der Waals surface area contributed by atoms with E-state index in [4.69, 9.17) is 14.2 Å². The third-order valence-electron chi connectivity index (χ3n) is 8.51. The number of ether oxygens (including phenoxy) is 3. The summed E-state index contributed by atoms with van der Waals surface area (Å²) in [5, 5.41) is 13.7. The molecule has 1 saturated carbocycles. The fraction of sp³-hybridized carbons (Fsp3) is 0.565. The second-order valence-corrected chi connectivity index (χ2v) is 9.36. The van der Waals surface area contributed by atoms with Crippen molar-refractivity contribution in [3.63, 3.8) is 0 Å². The summed E-state index contributed by atoms with van der Waals surface area (Å²) in [5.41, 5.74) is 0.0158. The lowest BCUT2D eigenvalue weighted by molar-refractivity contribution is -0.196. The Hall–Kier alpha value is -2.58. The maximum Gasteiger partial charge on any atom is 0.317 e. The number of benzene rings is 1. The first-order valence-corrected chi connectivity index (χ1v) is 10.8. The summed E-state index contributed by atoms with van der Waals surface area (Å²) < 4.78 is 17.8. The molecule has 1 aromatic rings. The van der Waals surface area contributed by atoms with Crippen LogP contribution in [0.15, 0.2) is 29.8 Å². The van der Waals surface area contributed by atoms with Gasteiger partial charge in [0, 0.05) is 37.6 Å². The first-order valence-electron chi connectivity index (χ1n) is 10.8. The predicted octanol–water partition coefficient (Wildman–Crippen LogP) is 1.88. The zero-order valence-electron chi connectivity index (χ0n) is 17.8. The highest BCUT2D eigenvalue weighted by Crippen LogP contribution is 2.76. The first-order chi connectivity index (χ1) is 14.8. The minimum Gasteiger partial charge on any atom is -0.508 e. The van der Waals surface area contributed by atoms with Crippen LogP contribution in [0.3, 0.4) is 0 Å². The number of aromatic hydroxyl groups is 1. The molecule has 8 heteroatoms. The Labute approximate surface area is 180 Å². The van der Waals surface area contributed by atoms with E-state index >= 15 is 0 Å². The second kappa shape index (κ2) is 5.81. The Kier molecular flexibility index (Phi) is 3.58. The molecule has 0 radical (unpaired) electrons. The number of anilines is 1. The van der Waals surface area contributed by atoms with E-state index in [0.29, 0.717) is 19.4 Å². The molecule has 0 unspecified atom stereocenters. The number of methoxy groups -OCH3 is 1. The van der Waals surface area contributed by atoms with Crippen molar-refractivity contribution in [2.75, 3.05) is 25.6 Å². The van der Waals surface area contributed by atoms with Gasteiger partial charge in [-0.3, -0.25) is 14.5 Å². The third kappa shape index (κ3) is 1.87. The summed E-state index contributed by atoms with van der Waals surface area (Å²) in [5.74, 6) is -0.827. The van der Waals surface area contributed by atoms with E-state index in [1.165, 1.54) is 14.0 Å². The van der Waals surface area contributed by atoms with Crippen LogP contribution in [-0.2, 0) is 29.2 Å². The highest BCUT2D eigenvalue weighted by atomic mass is 16.6. The van der Waals surface area contributed by atoms with Gasteiger partial charge in [0.25, 0.3) is 0 Å². The molecule has 0 amide bonds. The normalized spacial score (nSPS) is 42.3. The van der Waals surface area contributed by atoms with Crippen molar-refractivity contribution < 1.29 is 28.9 Å². The Morgan fingerprint density at radius 1 is 1.42 bits per heavy atom. The molecular weight excluding hydrogens is 400 g/mol. The summed E-state index contributed by atoms with van der Waals surface area (Å²) >= 11 is 0. The Bertz CT molecular complexity index is 1050. The number of fused-ring (bicyclic) bond motifs is 4. The fourth-order valence-electron chi connectivity index (χ4n) is 7.56. The van der Waals surface area contributed by atoms with Crippen LogP contribution in [0.2, 0.25) is 0 Å². The van der Waals surface area contributed by atoms with E-state index in [2.05, 4.69) is 16.3 Å². The molecule has 6 rings (SSSR count). The zero-order chi connectivity index (χ0) is 21.8. The van der Waals surface area contributed by atoms with Gasteiger partial charge in [0.1, 0.15) is 24.0 Å². The van der Waals surface area contributed by atoms with Gasteiger partial charge in [0.15, 0.2) is 5.72 Å². The number of carbonyl (C=O) groups excluding carboxylic acids is 2. The zero-order valence-corrected chi connectivity index (χ0v) is 17.8. The Morgan fingerprint density at radius 2 is 2.23 bits per heavy atom. The minimum atomic E-state index is -1.15. The van der Waals surface area contributed by atoms with Crippen LogP contribution in [-0.4, -0.2) is 60.2 Å². The van der Waals surface area contributed by atoms with Crippen LogP contribution < -0.4 is 5.32 Å². The maximum absolute atomic E-state index is 13.8. The average molecular weight is 426 g/mol. The number of esters is 2. The van der Waals surface area contributed by atoms with Gasteiger partial charge in [0.05, 0.1) is 18.6 Å². The molecule has 6 atom stereocenters. The molecule has 5 aliphatic rings. The topological polar surface area (TPSA) is 97.3 Å². The van der Waals surface area contributed by atoms with Crippen LogP contribution in [0.25, 0.3) is 0 Å². The van der Waals surface area contributed by atoms with Gasteiger partial charge in [-0.05, 0) is 25.0 Å². The molecule has 0 aromatic heterocycles. The molecule has 4 bridgehead atoms. The van der Waals surface area contributed by atoms with E-state index in [-0.39, 0.29) is 36.5 Å². The van der Waals surface area contributed by atoms with Crippen LogP contribution in [0, 0.1) is 11.3 Å². The molecule has 2 N–H and O–H groups in total. The molecule has 164 valence electrons. The van der Waals surface area contributed by atoms with Gasteiger partial charge in [-0.25, -0.2) is 0 Å². The highest BCUT2D eigenvalue weighted by Gasteiger charge is 2.87. The molecule has 8 nitrogen and oxygen atoms in total. The largest absolute Gasteiger partial charge is 0.508 e. The Balaban J connectivity index is 1.69. The first kappa shape index (κ1) is 19.1. The molecule has 1 aromatic carbocycles. The highest BCUT2D eigenvalue weighted by molar-refractivity contribution is 5.86. The van der Waals surface area contributed by atoms with Gasteiger partial charge >= 0.3 is 11.9 Å². The summed E-state index contributed by atoms with van der Waals surface area (Å²) in [6, 6.07) is 5.27. The SMILES string of the molecule is C/C=C1/CN2[C@@H]3C[C@@]45c6ccc(O)cc6N[C@]4(O3)[C@@H]2C[C@H]1[C@@]5(COC(C)=O)C(=O)OC. The molecule has 1 aliphatic carbocycles. The van der Waals surface area contributed by atoms with Gasteiger partial charge in [-0.15, -0.1) is 0 Å². The monoisotopic (exact) mass is 426 g/mol. The number of nitrogens with zero attached hydrogens (tertiary/aromatic N) is 1. The number of piperidine rings is 2. The van der Waals surface area contributed by atoms with E-state index in [1.807, 2.05) is 13.0 Å². The van der Waals surface area contributed by atoms with Gasteiger partial charge in [-0.2, -0.15) is 0 Å². The summed E-state index contributed by atoms with van der Waals surface area (Å²) in [6.45, 7) is 3.98. The molecule has 1 spiro atoms. The second-order valence-electron chi connectivity index (χ2n) is 9.36. The van der Waals surface area contributed by atoms with Crippen LogP contribution in [0.1, 0.15) is 32.3 Å². The van der Waals surface area contributed by atoms with Crippen molar-refractivity contribution >= 4 is 17.6 Å². The standard InChI is InChI=1S/C23H26N2O6/c1-4-13-10-25-18-8-16(13)21(20(28)29-3,11-30-12(2)26)22-9-19(25)31-23(18,22)24-17-7-14(27)5-6-15(17)22/h4-7,16,18-19,24,27H,8-11H2,1-3H3/b13-4-/t16-,18+,19+,21+,22+,23+/m1/s1. The van der Waals surface area contributed by atoms with Crippen molar-refractivity contribution in [1.29, 1.82) is 0 Å². The maximum atomic E-state index is 13.8. The summed E-state index contributed by atoms with van der Waals surface area (Å²) in [6.07, 6.45) is 3.20. The van der Waals surface area contributed by atoms with Crippen LogP contribution >= 0.6 is 0 Å². The van der Waals surface area contributed by atoms with Crippen molar-refractivity contribution in [2.45, 2.75) is 50.1 Å². The van der Waals surface area contributed by atoms with Gasteiger partial charge in [-0.1, -0.05) is 17.7 Å². The average Bonchev–Trinajstić information content (AvgIpc) is 3.34. The number of hydrogen-bond donors (Lipinski definition) is 2. The number of carbonyl (C=O) groups is 2. The molecule has 31 heavy (non-hydrogen) atoms. The molecule has 4 aliphatic heterocycles. The predicted molar refractivity (Wildman–Crippen MR) is 109 cm³/mol. The van der Waals surface area contributed by atoms with Crippen LogP contribution in [0.4, 0.5) is 5.69 Å². The van der Waals surface area contributed by atoms with Crippen molar-refractivity contribution in [2.24, 2.45) is 11.3 Å².